The molecule has 0 bridgehead atoms. The Hall–Kier alpha value is -1.93. The van der Waals surface area contributed by atoms with Crippen molar-refractivity contribution in [3.05, 3.63) is 27.7 Å². The molecular formula is C19H24BrN3O4. The first-order chi connectivity index (χ1) is 12.7. The van der Waals surface area contributed by atoms with Crippen molar-refractivity contribution in [2.75, 3.05) is 25.2 Å². The standard InChI is InChI=1S/C19H24BrN3O4/c1-11-8-13(20)9-12(2)15(11)22-7-5-6-14(16(22)24)23-17(25)19(3,10-27-4)21-18(23)26/h8-9,14H,5-7,10H2,1-4H3,(H,21,26)/t14-,19+/m1/s1. The number of imide groups is 1. The maximum absolute atomic E-state index is 13.3. The van der Waals surface area contributed by atoms with Crippen molar-refractivity contribution in [2.45, 2.75) is 45.2 Å². The van der Waals surface area contributed by atoms with Gasteiger partial charge in [0.2, 0.25) is 5.91 Å². The molecule has 2 fully saturated rings. The van der Waals surface area contributed by atoms with Crippen LogP contribution in [0.25, 0.3) is 0 Å². The minimum Gasteiger partial charge on any atom is -0.382 e. The lowest BCUT2D eigenvalue weighted by Crippen LogP contribution is -2.56. The average Bonchev–Trinajstić information content (AvgIpc) is 2.78. The SMILES string of the molecule is COC[C@]1(C)NC(=O)N([C@@H]2CCCN(c3c(C)cc(Br)cc3C)C2=O)C1=O. The van der Waals surface area contributed by atoms with Gasteiger partial charge in [-0.25, -0.2) is 9.69 Å². The lowest BCUT2D eigenvalue weighted by Gasteiger charge is -2.37. The van der Waals surface area contributed by atoms with Crippen LogP contribution in [-0.2, 0) is 14.3 Å². The fourth-order valence-corrected chi connectivity index (χ4v) is 4.71. The van der Waals surface area contributed by atoms with Gasteiger partial charge in [0.1, 0.15) is 11.6 Å². The number of methoxy groups -OCH3 is 1. The van der Waals surface area contributed by atoms with Crippen molar-refractivity contribution in [2.24, 2.45) is 0 Å². The van der Waals surface area contributed by atoms with Crippen LogP contribution >= 0.6 is 15.9 Å². The highest BCUT2D eigenvalue weighted by Gasteiger charge is 2.53. The third-order valence-electron chi connectivity index (χ3n) is 5.17. The molecule has 0 unspecified atom stereocenters. The predicted molar refractivity (Wildman–Crippen MR) is 105 cm³/mol. The van der Waals surface area contributed by atoms with Crippen molar-refractivity contribution in [1.82, 2.24) is 10.2 Å². The van der Waals surface area contributed by atoms with E-state index in [2.05, 4.69) is 21.2 Å². The number of anilines is 1. The van der Waals surface area contributed by atoms with Crippen molar-refractivity contribution < 1.29 is 19.1 Å². The minimum absolute atomic E-state index is 0.0592. The molecule has 1 aromatic rings. The summed E-state index contributed by atoms with van der Waals surface area (Å²) in [4.78, 5) is 41.4. The number of hydrogen-bond acceptors (Lipinski definition) is 4. The van der Waals surface area contributed by atoms with E-state index in [9.17, 15) is 14.4 Å². The molecule has 0 radical (unpaired) electrons. The highest BCUT2D eigenvalue weighted by molar-refractivity contribution is 9.10. The van der Waals surface area contributed by atoms with E-state index >= 15 is 0 Å². The lowest BCUT2D eigenvalue weighted by atomic mass is 9.98. The van der Waals surface area contributed by atoms with Gasteiger partial charge in [-0.15, -0.1) is 0 Å². The van der Waals surface area contributed by atoms with Gasteiger partial charge in [-0.1, -0.05) is 15.9 Å². The Kier molecular flexibility index (Phi) is 5.31. The molecule has 7 nitrogen and oxygen atoms in total. The molecule has 4 amide bonds. The summed E-state index contributed by atoms with van der Waals surface area (Å²) in [7, 11) is 1.47. The summed E-state index contributed by atoms with van der Waals surface area (Å²) in [5.41, 5.74) is 1.65. The van der Waals surface area contributed by atoms with E-state index < -0.39 is 23.5 Å². The Morgan fingerprint density at radius 3 is 2.48 bits per heavy atom. The molecule has 2 heterocycles. The van der Waals surface area contributed by atoms with E-state index in [-0.39, 0.29) is 12.5 Å². The Morgan fingerprint density at radius 1 is 1.26 bits per heavy atom. The first-order valence-electron chi connectivity index (χ1n) is 8.92. The third-order valence-corrected chi connectivity index (χ3v) is 5.63. The van der Waals surface area contributed by atoms with Crippen molar-refractivity contribution in [1.29, 1.82) is 0 Å². The summed E-state index contributed by atoms with van der Waals surface area (Å²) in [6.45, 7) is 6.15. The molecular weight excluding hydrogens is 414 g/mol. The number of nitrogens with one attached hydrogen (secondary N) is 1. The maximum Gasteiger partial charge on any atom is 0.325 e. The first-order valence-corrected chi connectivity index (χ1v) is 9.72. The van der Waals surface area contributed by atoms with Gasteiger partial charge in [-0.2, -0.15) is 0 Å². The monoisotopic (exact) mass is 437 g/mol. The van der Waals surface area contributed by atoms with Crippen LogP contribution in [0.1, 0.15) is 30.9 Å². The Balaban J connectivity index is 1.92. The van der Waals surface area contributed by atoms with E-state index in [1.165, 1.54) is 7.11 Å². The van der Waals surface area contributed by atoms with Crippen LogP contribution in [-0.4, -0.2) is 54.6 Å². The number of hydrogen-bond donors (Lipinski definition) is 1. The van der Waals surface area contributed by atoms with Crippen molar-refractivity contribution in [3.8, 4) is 0 Å². The van der Waals surface area contributed by atoms with Gasteiger partial charge in [0.25, 0.3) is 5.91 Å². The summed E-state index contributed by atoms with van der Waals surface area (Å²) in [5.74, 6) is -0.640. The van der Waals surface area contributed by atoms with Gasteiger partial charge in [-0.05, 0) is 56.9 Å². The number of carbonyl (C=O) groups is 3. The van der Waals surface area contributed by atoms with Crippen LogP contribution in [0.15, 0.2) is 16.6 Å². The number of nitrogens with zero attached hydrogens (tertiary/aromatic N) is 2. The Morgan fingerprint density at radius 2 is 1.89 bits per heavy atom. The molecule has 0 saturated carbocycles. The molecule has 8 heteroatoms. The highest BCUT2D eigenvalue weighted by Crippen LogP contribution is 2.33. The Bertz CT molecular complexity index is 789. The maximum atomic E-state index is 13.3. The van der Waals surface area contributed by atoms with E-state index in [1.807, 2.05) is 26.0 Å². The summed E-state index contributed by atoms with van der Waals surface area (Å²) < 4.78 is 6.03. The van der Waals surface area contributed by atoms with E-state index in [4.69, 9.17) is 4.74 Å². The van der Waals surface area contributed by atoms with Crippen molar-refractivity contribution in [3.63, 3.8) is 0 Å². The third kappa shape index (κ3) is 3.36. The van der Waals surface area contributed by atoms with Gasteiger partial charge < -0.3 is 15.0 Å². The molecule has 27 heavy (non-hydrogen) atoms. The van der Waals surface area contributed by atoms with Crippen LogP contribution in [0.2, 0.25) is 0 Å². The number of piperidine rings is 1. The molecule has 1 N–H and O–H groups in total. The quantitative estimate of drug-likeness (QED) is 0.733. The number of amides is 4. The molecule has 2 aliphatic rings. The minimum atomic E-state index is -1.14. The molecule has 0 spiro atoms. The lowest BCUT2D eigenvalue weighted by molar-refractivity contribution is -0.139. The van der Waals surface area contributed by atoms with Gasteiger partial charge >= 0.3 is 6.03 Å². The van der Waals surface area contributed by atoms with Gasteiger partial charge in [0.05, 0.1) is 6.61 Å². The fourth-order valence-electron chi connectivity index (χ4n) is 4.02. The molecule has 0 aromatic heterocycles. The number of carbonyl (C=O) groups excluding carboxylic acids is 3. The smallest absolute Gasteiger partial charge is 0.325 e. The summed E-state index contributed by atoms with van der Waals surface area (Å²) in [6, 6.07) is 2.59. The fraction of sp³-hybridized carbons (Fsp3) is 0.526. The number of benzene rings is 1. The second-order valence-corrected chi connectivity index (χ2v) is 8.32. The molecule has 3 rings (SSSR count). The molecule has 2 atom stereocenters. The second kappa shape index (κ2) is 7.24. The summed E-state index contributed by atoms with van der Waals surface area (Å²) in [6.07, 6.45) is 1.18. The summed E-state index contributed by atoms with van der Waals surface area (Å²) in [5, 5.41) is 2.67. The van der Waals surface area contributed by atoms with Crippen LogP contribution in [0.4, 0.5) is 10.5 Å². The molecule has 0 aliphatic carbocycles. The van der Waals surface area contributed by atoms with Gasteiger partial charge in [0, 0.05) is 23.8 Å². The molecule has 1 aromatic carbocycles. The average molecular weight is 438 g/mol. The predicted octanol–water partition coefficient (Wildman–Crippen LogP) is 2.52. The number of aryl methyl sites for hydroxylation is 2. The largest absolute Gasteiger partial charge is 0.382 e. The number of halogens is 1. The van der Waals surface area contributed by atoms with Crippen LogP contribution in [0.5, 0.6) is 0 Å². The zero-order valence-corrected chi connectivity index (χ0v) is 17.6. The highest BCUT2D eigenvalue weighted by atomic mass is 79.9. The number of ether oxygens (including phenoxy) is 1. The Labute approximate surface area is 167 Å². The van der Waals surface area contributed by atoms with Gasteiger partial charge in [0.15, 0.2) is 0 Å². The van der Waals surface area contributed by atoms with Crippen LogP contribution in [0, 0.1) is 13.8 Å². The van der Waals surface area contributed by atoms with E-state index in [1.54, 1.807) is 11.8 Å². The van der Waals surface area contributed by atoms with E-state index in [0.717, 1.165) is 26.2 Å². The molecule has 2 aliphatic heterocycles. The normalized spacial score (nSPS) is 26.0. The van der Waals surface area contributed by atoms with Crippen LogP contribution in [0.3, 0.4) is 0 Å². The van der Waals surface area contributed by atoms with Crippen LogP contribution < -0.4 is 10.2 Å². The van der Waals surface area contributed by atoms with E-state index in [0.29, 0.717) is 19.4 Å². The van der Waals surface area contributed by atoms with Gasteiger partial charge in [-0.3, -0.25) is 9.59 Å². The summed E-state index contributed by atoms with van der Waals surface area (Å²) >= 11 is 3.47. The second-order valence-electron chi connectivity index (χ2n) is 7.41. The first kappa shape index (κ1) is 19.8. The zero-order valence-electron chi connectivity index (χ0n) is 16.0. The topological polar surface area (TPSA) is 79.0 Å². The van der Waals surface area contributed by atoms with Crippen molar-refractivity contribution >= 4 is 39.5 Å². The molecule has 2 saturated heterocycles. The zero-order chi connectivity index (χ0) is 19.9. The number of rotatable bonds is 4. The molecule has 146 valence electrons. The number of urea groups is 1.